The highest BCUT2D eigenvalue weighted by atomic mass is 16.6. The summed E-state index contributed by atoms with van der Waals surface area (Å²) in [7, 11) is 0. The molecule has 0 saturated heterocycles. The van der Waals surface area contributed by atoms with Gasteiger partial charge in [0.05, 0.1) is 27.8 Å². The minimum absolute atomic E-state index is 0.0783. The second kappa shape index (κ2) is 8.23. The first kappa shape index (κ1) is 20.0. The maximum absolute atomic E-state index is 11.3. The zero-order chi connectivity index (χ0) is 22.0. The standard InChI is InChI=1S/C22H19N5O4/c1-15-7-8-16-14-25(17-5-3-2-4-6-17)22(19(16)11-15)13-23-24-20-10-9-18(26(28)29)12-21(20)27(30)31/h2-7,9-10,12-14,24H,8,11H2,1H3/b23-13+. The summed E-state index contributed by atoms with van der Waals surface area (Å²) < 4.78 is 2.05. The van der Waals surface area contributed by atoms with Crippen LogP contribution < -0.4 is 5.43 Å². The van der Waals surface area contributed by atoms with E-state index in [0.29, 0.717) is 0 Å². The van der Waals surface area contributed by atoms with E-state index in [4.69, 9.17) is 0 Å². The Hall–Kier alpha value is -4.27. The average Bonchev–Trinajstić information content (AvgIpc) is 3.12. The Bertz CT molecular complexity index is 1230. The zero-order valence-electron chi connectivity index (χ0n) is 16.7. The van der Waals surface area contributed by atoms with Crippen LogP contribution in [0.5, 0.6) is 0 Å². The van der Waals surface area contributed by atoms with E-state index in [9.17, 15) is 20.2 Å². The molecule has 0 saturated carbocycles. The normalized spacial score (nSPS) is 13.0. The third-order valence-electron chi connectivity index (χ3n) is 5.16. The lowest BCUT2D eigenvalue weighted by atomic mass is 9.94. The lowest BCUT2D eigenvalue weighted by molar-refractivity contribution is -0.393. The highest BCUT2D eigenvalue weighted by Gasteiger charge is 2.20. The van der Waals surface area contributed by atoms with Gasteiger partial charge in [0, 0.05) is 18.0 Å². The van der Waals surface area contributed by atoms with E-state index in [2.05, 4.69) is 29.7 Å². The summed E-state index contributed by atoms with van der Waals surface area (Å²) in [6.45, 7) is 2.09. The van der Waals surface area contributed by atoms with Gasteiger partial charge in [-0.05, 0) is 49.1 Å². The van der Waals surface area contributed by atoms with E-state index < -0.39 is 15.5 Å². The Kier molecular flexibility index (Phi) is 5.31. The van der Waals surface area contributed by atoms with Gasteiger partial charge in [-0.2, -0.15) is 5.10 Å². The second-order valence-electron chi connectivity index (χ2n) is 7.24. The summed E-state index contributed by atoms with van der Waals surface area (Å²) in [5.74, 6) is 0. The molecule has 0 bridgehead atoms. The van der Waals surface area contributed by atoms with Crippen LogP contribution in [0.2, 0.25) is 0 Å². The fourth-order valence-corrected chi connectivity index (χ4v) is 3.61. The third kappa shape index (κ3) is 4.06. The average molecular weight is 417 g/mol. The number of nitrogens with zero attached hydrogens (tertiary/aromatic N) is 4. The molecule has 0 radical (unpaired) electrons. The van der Waals surface area contributed by atoms with Gasteiger partial charge in [-0.25, -0.2) is 0 Å². The first-order valence-electron chi connectivity index (χ1n) is 9.60. The molecule has 4 rings (SSSR count). The van der Waals surface area contributed by atoms with Gasteiger partial charge in [-0.15, -0.1) is 0 Å². The zero-order valence-corrected chi connectivity index (χ0v) is 16.7. The predicted molar refractivity (Wildman–Crippen MR) is 118 cm³/mol. The monoisotopic (exact) mass is 417 g/mol. The quantitative estimate of drug-likeness (QED) is 0.268. The molecule has 0 amide bonds. The van der Waals surface area contributed by atoms with Crippen LogP contribution in [-0.2, 0) is 12.8 Å². The number of allylic oxidation sites excluding steroid dienone is 2. The number of hydrogen-bond donors (Lipinski definition) is 1. The van der Waals surface area contributed by atoms with Gasteiger partial charge in [-0.1, -0.05) is 29.8 Å². The van der Waals surface area contributed by atoms with Crippen LogP contribution >= 0.6 is 0 Å². The molecule has 9 nitrogen and oxygen atoms in total. The molecule has 1 heterocycles. The van der Waals surface area contributed by atoms with Crippen molar-refractivity contribution in [1.29, 1.82) is 0 Å². The van der Waals surface area contributed by atoms with Crippen LogP contribution in [0.15, 0.2) is 71.5 Å². The van der Waals surface area contributed by atoms with Gasteiger partial charge in [0.15, 0.2) is 0 Å². The summed E-state index contributed by atoms with van der Waals surface area (Å²) >= 11 is 0. The van der Waals surface area contributed by atoms with Crippen LogP contribution in [0.3, 0.4) is 0 Å². The number of anilines is 1. The van der Waals surface area contributed by atoms with E-state index in [1.165, 1.54) is 23.3 Å². The minimum atomic E-state index is -0.673. The smallest absolute Gasteiger partial charge is 0.301 e. The Balaban J connectivity index is 1.69. The van der Waals surface area contributed by atoms with Gasteiger partial charge >= 0.3 is 5.69 Å². The van der Waals surface area contributed by atoms with Crippen molar-refractivity contribution in [3.63, 3.8) is 0 Å². The molecule has 156 valence electrons. The summed E-state index contributed by atoms with van der Waals surface area (Å²) in [5, 5.41) is 26.5. The maximum Gasteiger partial charge on any atom is 0.301 e. The highest BCUT2D eigenvalue weighted by molar-refractivity contribution is 5.83. The van der Waals surface area contributed by atoms with Crippen LogP contribution in [-0.4, -0.2) is 20.6 Å². The number of non-ortho nitro benzene ring substituents is 1. The fourth-order valence-electron chi connectivity index (χ4n) is 3.61. The van der Waals surface area contributed by atoms with Crippen molar-refractivity contribution in [3.8, 4) is 5.69 Å². The van der Waals surface area contributed by atoms with E-state index >= 15 is 0 Å². The first-order valence-corrected chi connectivity index (χ1v) is 9.60. The number of hydrazone groups is 1. The lowest BCUT2D eigenvalue weighted by Gasteiger charge is -2.11. The van der Waals surface area contributed by atoms with Crippen LogP contribution in [0.4, 0.5) is 17.1 Å². The van der Waals surface area contributed by atoms with Gasteiger partial charge < -0.3 is 4.57 Å². The van der Waals surface area contributed by atoms with Crippen molar-refractivity contribution in [2.24, 2.45) is 5.10 Å². The molecule has 0 fully saturated rings. The number of nitrogens with one attached hydrogen (secondary N) is 1. The maximum atomic E-state index is 11.3. The summed E-state index contributed by atoms with van der Waals surface area (Å²) in [5.41, 5.74) is 7.49. The van der Waals surface area contributed by atoms with Gasteiger partial charge in [0.25, 0.3) is 5.69 Å². The van der Waals surface area contributed by atoms with E-state index in [0.717, 1.165) is 35.9 Å². The van der Waals surface area contributed by atoms with E-state index in [1.807, 2.05) is 34.9 Å². The SMILES string of the molecule is CC1=CCc2cn(-c3ccccc3)c(/C=N/Nc3ccc([N+](=O)[O-])cc3[N+](=O)[O-])c2C1. The number of nitro groups is 2. The summed E-state index contributed by atoms with van der Waals surface area (Å²) in [6, 6.07) is 13.3. The van der Waals surface area contributed by atoms with Crippen molar-refractivity contribution in [1.82, 2.24) is 4.57 Å². The highest BCUT2D eigenvalue weighted by Crippen LogP contribution is 2.30. The van der Waals surface area contributed by atoms with Crippen molar-refractivity contribution >= 4 is 23.3 Å². The molecule has 1 N–H and O–H groups in total. The number of rotatable bonds is 6. The number of hydrogen-bond acceptors (Lipinski definition) is 6. The topological polar surface area (TPSA) is 116 Å². The van der Waals surface area contributed by atoms with Crippen molar-refractivity contribution in [2.45, 2.75) is 19.8 Å². The van der Waals surface area contributed by atoms with Crippen LogP contribution in [0.25, 0.3) is 5.69 Å². The first-order chi connectivity index (χ1) is 14.9. The number of nitro benzene ring substituents is 2. The Morgan fingerprint density at radius 1 is 1.10 bits per heavy atom. The number of fused-ring (bicyclic) bond motifs is 1. The molecular weight excluding hydrogens is 398 g/mol. The van der Waals surface area contributed by atoms with Gasteiger partial charge in [-0.3, -0.25) is 25.7 Å². The second-order valence-corrected chi connectivity index (χ2v) is 7.24. The van der Waals surface area contributed by atoms with Crippen molar-refractivity contribution < 1.29 is 9.85 Å². The molecule has 1 aromatic heterocycles. The predicted octanol–water partition coefficient (Wildman–Crippen LogP) is 4.78. The molecule has 0 spiro atoms. The molecule has 3 aromatic rings. The molecule has 1 aliphatic carbocycles. The van der Waals surface area contributed by atoms with Crippen LogP contribution in [0.1, 0.15) is 23.7 Å². The molecule has 31 heavy (non-hydrogen) atoms. The summed E-state index contributed by atoms with van der Waals surface area (Å²) in [6.07, 6.45) is 7.56. The lowest BCUT2D eigenvalue weighted by Crippen LogP contribution is -2.05. The van der Waals surface area contributed by atoms with E-state index in [-0.39, 0.29) is 11.4 Å². The van der Waals surface area contributed by atoms with Gasteiger partial charge in [0.2, 0.25) is 0 Å². The van der Waals surface area contributed by atoms with Crippen molar-refractivity contribution in [2.75, 3.05) is 5.43 Å². The number of benzene rings is 2. The minimum Gasteiger partial charge on any atom is -0.315 e. The summed E-state index contributed by atoms with van der Waals surface area (Å²) in [4.78, 5) is 20.9. The molecule has 0 unspecified atom stereocenters. The Labute approximate surface area is 177 Å². The molecule has 1 aliphatic rings. The molecule has 2 aromatic carbocycles. The molecule has 0 atom stereocenters. The van der Waals surface area contributed by atoms with E-state index in [1.54, 1.807) is 6.21 Å². The fraction of sp³-hybridized carbons (Fsp3) is 0.136. The Morgan fingerprint density at radius 3 is 2.58 bits per heavy atom. The molecule has 0 aliphatic heterocycles. The third-order valence-corrected chi connectivity index (χ3v) is 5.16. The molecule has 9 heteroatoms. The largest absolute Gasteiger partial charge is 0.315 e. The Morgan fingerprint density at radius 2 is 1.87 bits per heavy atom. The van der Waals surface area contributed by atoms with Gasteiger partial charge in [0.1, 0.15) is 5.69 Å². The number of aromatic nitrogens is 1. The van der Waals surface area contributed by atoms with Crippen LogP contribution in [0, 0.1) is 20.2 Å². The molecular formula is C22H19N5O4. The van der Waals surface area contributed by atoms with Crippen molar-refractivity contribution in [3.05, 3.63) is 103 Å². The number of para-hydroxylation sites is 1.